The summed E-state index contributed by atoms with van der Waals surface area (Å²) in [5, 5.41) is 10.0. The molecule has 64 valence electrons. The van der Waals surface area contributed by atoms with Crippen molar-refractivity contribution in [3.63, 3.8) is 0 Å². The number of nitrogens with zero attached hydrogens (tertiary/aromatic N) is 1. The highest BCUT2D eigenvalue weighted by Gasteiger charge is 2.35. The second-order valence-corrected chi connectivity index (χ2v) is 4.13. The Morgan fingerprint density at radius 2 is 2.18 bits per heavy atom. The minimum absolute atomic E-state index is 0.0359. The molecule has 0 spiro atoms. The van der Waals surface area contributed by atoms with Crippen LogP contribution in [-0.2, 0) is 4.79 Å². The van der Waals surface area contributed by atoms with E-state index in [1.807, 2.05) is 6.92 Å². The molecule has 0 aromatic carbocycles. The minimum Gasteiger partial charge on any atom is -0.286 e. The van der Waals surface area contributed by atoms with Crippen molar-refractivity contribution in [2.45, 2.75) is 39.7 Å². The number of hydrogen-bond acceptors (Lipinski definition) is 2. The molecule has 0 unspecified atom stereocenters. The van der Waals surface area contributed by atoms with Crippen LogP contribution >= 0.6 is 0 Å². The van der Waals surface area contributed by atoms with Gasteiger partial charge in [-0.25, -0.2) is 5.06 Å². The van der Waals surface area contributed by atoms with Gasteiger partial charge in [-0.05, 0) is 18.8 Å². The standard InChI is InChI=1S/C8H15NO2/c1-6-4-8(2,3)5-7(10)9(6)11/h6,11H,4-5H2,1-3H3/t6-/m0/s1. The molecule has 0 bridgehead atoms. The molecule has 1 atom stereocenters. The predicted octanol–water partition coefficient (Wildman–Crippen LogP) is 1.41. The molecule has 1 fully saturated rings. The third kappa shape index (κ3) is 1.71. The van der Waals surface area contributed by atoms with Crippen LogP contribution in [0.2, 0.25) is 0 Å². The van der Waals surface area contributed by atoms with Gasteiger partial charge in [0.25, 0.3) is 0 Å². The lowest BCUT2D eigenvalue weighted by Gasteiger charge is -2.37. The van der Waals surface area contributed by atoms with E-state index in [0.717, 1.165) is 11.5 Å². The molecule has 1 rings (SSSR count). The highest BCUT2D eigenvalue weighted by molar-refractivity contribution is 5.76. The summed E-state index contributed by atoms with van der Waals surface area (Å²) >= 11 is 0. The van der Waals surface area contributed by atoms with Gasteiger partial charge in [-0.3, -0.25) is 10.0 Å². The maximum atomic E-state index is 11.1. The Hall–Kier alpha value is -0.570. The van der Waals surface area contributed by atoms with Crippen molar-refractivity contribution in [2.75, 3.05) is 0 Å². The maximum Gasteiger partial charge on any atom is 0.246 e. The van der Waals surface area contributed by atoms with Gasteiger partial charge in [0, 0.05) is 6.42 Å². The largest absolute Gasteiger partial charge is 0.286 e. The van der Waals surface area contributed by atoms with Crippen LogP contribution in [0.5, 0.6) is 0 Å². The lowest BCUT2D eigenvalue weighted by Crippen LogP contribution is -2.45. The Kier molecular flexibility index (Phi) is 1.92. The van der Waals surface area contributed by atoms with Crippen molar-refractivity contribution in [1.29, 1.82) is 0 Å². The molecule has 3 heteroatoms. The van der Waals surface area contributed by atoms with Crippen molar-refractivity contribution in [3.8, 4) is 0 Å². The summed E-state index contributed by atoms with van der Waals surface area (Å²) in [7, 11) is 0. The first-order chi connectivity index (χ1) is 4.92. The topological polar surface area (TPSA) is 40.5 Å². The molecule has 1 amide bonds. The van der Waals surface area contributed by atoms with E-state index in [4.69, 9.17) is 5.21 Å². The number of rotatable bonds is 0. The van der Waals surface area contributed by atoms with Crippen LogP contribution in [0.15, 0.2) is 0 Å². The summed E-state index contributed by atoms with van der Waals surface area (Å²) in [5.41, 5.74) is 0.0513. The Morgan fingerprint density at radius 1 is 1.64 bits per heavy atom. The molecule has 1 N–H and O–H groups in total. The lowest BCUT2D eigenvalue weighted by molar-refractivity contribution is -0.187. The highest BCUT2D eigenvalue weighted by atomic mass is 16.5. The van der Waals surface area contributed by atoms with Crippen LogP contribution in [-0.4, -0.2) is 22.2 Å². The molecule has 1 saturated heterocycles. The van der Waals surface area contributed by atoms with E-state index in [1.54, 1.807) is 0 Å². The molecule has 3 nitrogen and oxygen atoms in total. The fraction of sp³-hybridized carbons (Fsp3) is 0.875. The van der Waals surface area contributed by atoms with E-state index in [-0.39, 0.29) is 17.4 Å². The summed E-state index contributed by atoms with van der Waals surface area (Å²) in [6.45, 7) is 5.96. The number of hydrogen-bond donors (Lipinski definition) is 1. The van der Waals surface area contributed by atoms with E-state index in [9.17, 15) is 4.79 Å². The first-order valence-corrected chi connectivity index (χ1v) is 3.93. The highest BCUT2D eigenvalue weighted by Crippen LogP contribution is 2.33. The Morgan fingerprint density at radius 3 is 2.64 bits per heavy atom. The third-order valence-corrected chi connectivity index (χ3v) is 2.15. The van der Waals surface area contributed by atoms with Gasteiger partial charge in [0.15, 0.2) is 0 Å². The number of hydroxylamine groups is 2. The van der Waals surface area contributed by atoms with Crippen LogP contribution in [0, 0.1) is 5.41 Å². The second kappa shape index (κ2) is 2.48. The molecule has 1 aliphatic rings. The number of piperidine rings is 1. The molecule has 1 heterocycles. The van der Waals surface area contributed by atoms with Crippen molar-refractivity contribution >= 4 is 5.91 Å². The first kappa shape index (κ1) is 8.53. The monoisotopic (exact) mass is 157 g/mol. The maximum absolute atomic E-state index is 11.1. The van der Waals surface area contributed by atoms with Crippen LogP contribution in [0.4, 0.5) is 0 Å². The molecule has 0 radical (unpaired) electrons. The number of carbonyl (C=O) groups is 1. The van der Waals surface area contributed by atoms with Gasteiger partial charge in [0.2, 0.25) is 5.91 Å². The SMILES string of the molecule is C[C@H]1CC(C)(C)CC(=O)N1O. The molecule has 0 saturated carbocycles. The number of carbonyl (C=O) groups excluding carboxylic acids is 1. The van der Waals surface area contributed by atoms with E-state index in [0.29, 0.717) is 6.42 Å². The van der Waals surface area contributed by atoms with Crippen LogP contribution in [0.1, 0.15) is 33.6 Å². The molecule has 0 aromatic rings. The van der Waals surface area contributed by atoms with Crippen molar-refractivity contribution < 1.29 is 10.0 Å². The molecule has 1 aliphatic heterocycles. The minimum atomic E-state index is -0.159. The zero-order chi connectivity index (χ0) is 8.65. The van der Waals surface area contributed by atoms with E-state index < -0.39 is 0 Å². The van der Waals surface area contributed by atoms with Crippen LogP contribution < -0.4 is 0 Å². The smallest absolute Gasteiger partial charge is 0.246 e. The van der Waals surface area contributed by atoms with Crippen molar-refractivity contribution in [1.82, 2.24) is 5.06 Å². The average Bonchev–Trinajstić information content (AvgIpc) is 1.81. The van der Waals surface area contributed by atoms with E-state index >= 15 is 0 Å². The molecule has 0 aromatic heterocycles. The molecule has 0 aliphatic carbocycles. The van der Waals surface area contributed by atoms with Crippen LogP contribution in [0.25, 0.3) is 0 Å². The summed E-state index contributed by atoms with van der Waals surface area (Å²) in [5.74, 6) is -0.159. The van der Waals surface area contributed by atoms with E-state index in [2.05, 4.69) is 13.8 Å². The van der Waals surface area contributed by atoms with Crippen molar-refractivity contribution in [3.05, 3.63) is 0 Å². The van der Waals surface area contributed by atoms with E-state index in [1.165, 1.54) is 0 Å². The Bertz CT molecular complexity index is 177. The summed E-state index contributed by atoms with van der Waals surface area (Å²) < 4.78 is 0. The van der Waals surface area contributed by atoms with Gasteiger partial charge in [-0.2, -0.15) is 0 Å². The quantitative estimate of drug-likeness (QED) is 0.540. The third-order valence-electron chi connectivity index (χ3n) is 2.15. The molecule has 11 heavy (non-hydrogen) atoms. The van der Waals surface area contributed by atoms with Gasteiger partial charge in [-0.1, -0.05) is 13.8 Å². The Balaban J connectivity index is 2.70. The van der Waals surface area contributed by atoms with Gasteiger partial charge in [0.05, 0.1) is 6.04 Å². The van der Waals surface area contributed by atoms with Gasteiger partial charge >= 0.3 is 0 Å². The first-order valence-electron chi connectivity index (χ1n) is 3.93. The zero-order valence-electron chi connectivity index (χ0n) is 7.29. The van der Waals surface area contributed by atoms with Gasteiger partial charge in [-0.15, -0.1) is 0 Å². The fourth-order valence-corrected chi connectivity index (χ4v) is 1.69. The number of amides is 1. The fourth-order valence-electron chi connectivity index (χ4n) is 1.69. The Labute approximate surface area is 67.0 Å². The second-order valence-electron chi connectivity index (χ2n) is 4.13. The average molecular weight is 157 g/mol. The normalized spacial score (nSPS) is 30.7. The molecular weight excluding hydrogens is 142 g/mol. The summed E-state index contributed by atoms with van der Waals surface area (Å²) in [6, 6.07) is -0.0359. The lowest BCUT2D eigenvalue weighted by atomic mass is 9.80. The van der Waals surface area contributed by atoms with Gasteiger partial charge < -0.3 is 0 Å². The molecular formula is C8H15NO2. The zero-order valence-corrected chi connectivity index (χ0v) is 7.29. The summed E-state index contributed by atoms with van der Waals surface area (Å²) in [4.78, 5) is 11.1. The van der Waals surface area contributed by atoms with Crippen LogP contribution in [0.3, 0.4) is 0 Å². The van der Waals surface area contributed by atoms with Crippen molar-refractivity contribution in [2.24, 2.45) is 5.41 Å². The predicted molar refractivity (Wildman–Crippen MR) is 41.1 cm³/mol. The van der Waals surface area contributed by atoms with Gasteiger partial charge in [0.1, 0.15) is 0 Å². The summed E-state index contributed by atoms with van der Waals surface area (Å²) in [6.07, 6.45) is 1.32.